The second kappa shape index (κ2) is 6.62. The molecule has 0 saturated heterocycles. The van der Waals surface area contributed by atoms with Crippen molar-refractivity contribution in [3.63, 3.8) is 0 Å². The van der Waals surface area contributed by atoms with Crippen molar-refractivity contribution in [3.05, 3.63) is 12.2 Å². The van der Waals surface area contributed by atoms with Gasteiger partial charge >= 0.3 is 0 Å². The van der Waals surface area contributed by atoms with E-state index in [9.17, 15) is 10.2 Å². The molecule has 1 fully saturated rings. The van der Waals surface area contributed by atoms with Crippen LogP contribution in [-0.2, 0) is 4.43 Å². The lowest BCUT2D eigenvalue weighted by atomic mass is 9.60. The van der Waals surface area contributed by atoms with E-state index in [0.29, 0.717) is 0 Å². The molecule has 0 heterocycles. The second-order valence-corrected chi connectivity index (χ2v) is 14.4. The number of aliphatic hydroxyl groups is 2. The van der Waals surface area contributed by atoms with E-state index in [0.717, 1.165) is 12.8 Å². The lowest BCUT2D eigenvalue weighted by Gasteiger charge is -2.53. The van der Waals surface area contributed by atoms with Crippen LogP contribution < -0.4 is 0 Å². The fraction of sp³-hybridized carbons (Fsp3) is 0.895. The zero-order chi connectivity index (χ0) is 18.3. The van der Waals surface area contributed by atoms with Crippen molar-refractivity contribution in [1.29, 1.82) is 0 Å². The highest BCUT2D eigenvalue weighted by Gasteiger charge is 2.52. The van der Waals surface area contributed by atoms with Crippen LogP contribution in [0, 0.1) is 11.3 Å². The highest BCUT2D eigenvalue weighted by atomic mass is 28.4. The van der Waals surface area contributed by atoms with Gasteiger partial charge in [0.15, 0.2) is 8.32 Å². The third kappa shape index (κ3) is 4.47. The van der Waals surface area contributed by atoms with Crippen molar-refractivity contribution in [2.24, 2.45) is 11.3 Å². The first-order chi connectivity index (χ1) is 10.1. The molecule has 1 aliphatic carbocycles. The van der Waals surface area contributed by atoms with E-state index in [2.05, 4.69) is 54.6 Å². The molecule has 2 N–H and O–H groups in total. The van der Waals surface area contributed by atoms with Gasteiger partial charge in [-0.25, -0.2) is 0 Å². The van der Waals surface area contributed by atoms with E-state index in [-0.39, 0.29) is 22.5 Å². The molecular weight excluding hydrogens is 304 g/mol. The summed E-state index contributed by atoms with van der Waals surface area (Å²) in [6, 6.07) is 0. The summed E-state index contributed by atoms with van der Waals surface area (Å²) in [5, 5.41) is 21.0. The summed E-state index contributed by atoms with van der Waals surface area (Å²) in [6.45, 7) is 19.4. The van der Waals surface area contributed by atoms with Crippen molar-refractivity contribution in [1.82, 2.24) is 0 Å². The molecule has 4 atom stereocenters. The monoisotopic (exact) mass is 342 g/mol. The minimum absolute atomic E-state index is 0.0935. The highest BCUT2D eigenvalue weighted by Crippen LogP contribution is 2.50. The first-order valence-corrected chi connectivity index (χ1v) is 11.8. The van der Waals surface area contributed by atoms with Crippen LogP contribution in [0.1, 0.15) is 61.3 Å². The topological polar surface area (TPSA) is 49.7 Å². The van der Waals surface area contributed by atoms with Crippen molar-refractivity contribution in [2.75, 3.05) is 0 Å². The van der Waals surface area contributed by atoms with Crippen molar-refractivity contribution < 1.29 is 14.6 Å². The summed E-state index contributed by atoms with van der Waals surface area (Å²) >= 11 is 0. The largest absolute Gasteiger partial charge is 0.414 e. The van der Waals surface area contributed by atoms with Crippen molar-refractivity contribution >= 4 is 8.32 Å². The minimum Gasteiger partial charge on any atom is -0.414 e. The van der Waals surface area contributed by atoms with Gasteiger partial charge in [0.2, 0.25) is 0 Å². The molecule has 0 spiro atoms. The number of aliphatic hydroxyl groups excluding tert-OH is 1. The molecule has 0 aromatic carbocycles. The zero-order valence-corrected chi connectivity index (χ0v) is 17.6. The average Bonchev–Trinajstić information content (AvgIpc) is 2.31. The zero-order valence-electron chi connectivity index (χ0n) is 16.6. The van der Waals surface area contributed by atoms with Crippen LogP contribution in [-0.4, -0.2) is 36.3 Å². The Morgan fingerprint density at radius 2 is 1.78 bits per heavy atom. The Bertz CT molecular complexity index is 434. The highest BCUT2D eigenvalue weighted by molar-refractivity contribution is 6.74. The van der Waals surface area contributed by atoms with Crippen LogP contribution in [0.3, 0.4) is 0 Å². The summed E-state index contributed by atoms with van der Waals surface area (Å²) in [6.07, 6.45) is 4.86. The standard InChI is InChI=1S/C19H38O3Si/c1-14-12-16(22-23(8,9)17(3,4)5)13-18(6,7)19(14,21)11-10-15(2)20/h10-11,14-16,20-21H,12-13H2,1-9H3/b11-10+/t14-,15?,16+,19-/m0/s1. The molecule has 0 amide bonds. The number of hydrogen-bond donors (Lipinski definition) is 2. The van der Waals surface area contributed by atoms with E-state index >= 15 is 0 Å². The van der Waals surface area contributed by atoms with E-state index in [1.54, 1.807) is 13.0 Å². The molecule has 3 nitrogen and oxygen atoms in total. The molecule has 23 heavy (non-hydrogen) atoms. The van der Waals surface area contributed by atoms with E-state index < -0.39 is 20.0 Å². The van der Waals surface area contributed by atoms with Crippen molar-refractivity contribution in [2.45, 2.75) is 97.2 Å². The Labute approximate surface area is 144 Å². The van der Waals surface area contributed by atoms with Gasteiger partial charge in [0.1, 0.15) is 0 Å². The van der Waals surface area contributed by atoms with E-state index in [4.69, 9.17) is 4.43 Å². The Morgan fingerprint density at radius 3 is 2.17 bits per heavy atom. The van der Waals surface area contributed by atoms with Gasteiger partial charge in [-0.05, 0) is 49.2 Å². The fourth-order valence-corrected chi connectivity index (χ4v) is 4.78. The quantitative estimate of drug-likeness (QED) is 0.584. The maximum atomic E-state index is 11.3. The first-order valence-electron chi connectivity index (χ1n) is 8.90. The van der Waals surface area contributed by atoms with Gasteiger partial charge < -0.3 is 14.6 Å². The molecule has 0 aromatic heterocycles. The predicted molar refractivity (Wildman–Crippen MR) is 100 cm³/mol. The SMILES string of the molecule is CC(O)/C=C/[C@]1(O)[C@@H](C)C[C@@H](O[Si](C)(C)C(C)(C)C)CC1(C)C. The lowest BCUT2D eigenvalue weighted by molar-refractivity contribution is -0.125. The molecule has 4 heteroatoms. The summed E-state index contributed by atoms with van der Waals surface area (Å²) < 4.78 is 6.62. The number of hydrogen-bond acceptors (Lipinski definition) is 3. The molecule has 1 unspecified atom stereocenters. The predicted octanol–water partition coefficient (Wildman–Crippen LogP) is 4.50. The molecule has 0 aliphatic heterocycles. The second-order valence-electron chi connectivity index (χ2n) is 9.65. The Hall–Kier alpha value is -0.163. The summed E-state index contributed by atoms with van der Waals surface area (Å²) in [5.41, 5.74) is -1.19. The van der Waals surface area contributed by atoms with Gasteiger partial charge in [0.25, 0.3) is 0 Å². The molecule has 0 radical (unpaired) electrons. The summed E-state index contributed by atoms with van der Waals surface area (Å²) in [4.78, 5) is 0. The van der Waals surface area contributed by atoms with E-state index in [1.165, 1.54) is 0 Å². The van der Waals surface area contributed by atoms with Crippen LogP contribution >= 0.6 is 0 Å². The maximum absolute atomic E-state index is 11.3. The minimum atomic E-state index is -1.81. The van der Waals surface area contributed by atoms with E-state index in [1.807, 2.05) is 6.08 Å². The van der Waals surface area contributed by atoms with Gasteiger partial charge in [-0.2, -0.15) is 0 Å². The molecule has 1 aliphatic rings. The Morgan fingerprint density at radius 1 is 1.26 bits per heavy atom. The van der Waals surface area contributed by atoms with Crippen molar-refractivity contribution in [3.8, 4) is 0 Å². The maximum Gasteiger partial charge on any atom is 0.192 e. The number of rotatable bonds is 4. The van der Waals surface area contributed by atoms with Gasteiger partial charge in [0, 0.05) is 6.10 Å². The molecule has 0 bridgehead atoms. The average molecular weight is 343 g/mol. The van der Waals surface area contributed by atoms with Gasteiger partial charge in [-0.1, -0.05) is 53.7 Å². The van der Waals surface area contributed by atoms with Gasteiger partial charge in [-0.15, -0.1) is 0 Å². The molecule has 1 rings (SSSR count). The smallest absolute Gasteiger partial charge is 0.192 e. The molecule has 1 saturated carbocycles. The Kier molecular flexibility index (Phi) is 6.01. The fourth-order valence-electron chi connectivity index (χ4n) is 3.42. The lowest BCUT2D eigenvalue weighted by Crippen LogP contribution is -2.57. The van der Waals surface area contributed by atoms with Crippen LogP contribution in [0.2, 0.25) is 18.1 Å². The first kappa shape index (κ1) is 20.9. The molecular formula is C19H38O3Si. The Balaban J connectivity index is 2.97. The third-order valence-electron chi connectivity index (χ3n) is 6.09. The molecule has 0 aromatic rings. The van der Waals surface area contributed by atoms with Gasteiger partial charge in [0.05, 0.1) is 11.7 Å². The third-order valence-corrected chi connectivity index (χ3v) is 10.6. The van der Waals surface area contributed by atoms with Crippen LogP contribution in [0.15, 0.2) is 12.2 Å². The van der Waals surface area contributed by atoms with Gasteiger partial charge in [-0.3, -0.25) is 0 Å². The summed E-state index contributed by atoms with van der Waals surface area (Å²) in [7, 11) is -1.81. The summed E-state index contributed by atoms with van der Waals surface area (Å²) in [5.74, 6) is 0.0935. The van der Waals surface area contributed by atoms with Crippen LogP contribution in [0.25, 0.3) is 0 Å². The van der Waals surface area contributed by atoms with Crippen LogP contribution in [0.5, 0.6) is 0 Å². The van der Waals surface area contributed by atoms with Crippen LogP contribution in [0.4, 0.5) is 0 Å². The molecule has 136 valence electrons. The normalized spacial score (nSPS) is 33.9.